The number of hydrogen-bond acceptors (Lipinski definition) is 5. The average Bonchev–Trinajstić information content (AvgIpc) is 2.93. The molecule has 1 N–H and O–H groups in total. The van der Waals surface area contributed by atoms with E-state index in [-0.39, 0.29) is 0 Å². The maximum atomic E-state index is 5.94. The first-order chi connectivity index (χ1) is 17.7. The van der Waals surface area contributed by atoms with Crippen LogP contribution >= 0.6 is 0 Å². The summed E-state index contributed by atoms with van der Waals surface area (Å²) in [6.07, 6.45) is 0. The predicted molar refractivity (Wildman–Crippen MR) is 144 cm³/mol. The molecular formula is C31H33NO4. The number of benzene rings is 4. The molecule has 0 aliphatic heterocycles. The summed E-state index contributed by atoms with van der Waals surface area (Å²) in [6, 6.07) is 32.2. The fourth-order valence-electron chi connectivity index (χ4n) is 3.67. The zero-order valence-corrected chi connectivity index (χ0v) is 20.9. The molecule has 36 heavy (non-hydrogen) atoms. The van der Waals surface area contributed by atoms with Crippen molar-refractivity contribution in [1.29, 1.82) is 0 Å². The Morgan fingerprint density at radius 2 is 1.08 bits per heavy atom. The van der Waals surface area contributed by atoms with Gasteiger partial charge in [0.25, 0.3) is 0 Å². The van der Waals surface area contributed by atoms with Crippen molar-refractivity contribution < 1.29 is 18.9 Å². The van der Waals surface area contributed by atoms with E-state index in [2.05, 4.69) is 47.8 Å². The molecule has 0 bridgehead atoms. The highest BCUT2D eigenvalue weighted by Gasteiger charge is 2.06. The Bertz CT molecular complexity index is 1190. The molecule has 0 aromatic heterocycles. The van der Waals surface area contributed by atoms with Crippen LogP contribution in [0.1, 0.15) is 30.5 Å². The summed E-state index contributed by atoms with van der Waals surface area (Å²) in [5, 5.41) is 3.46. The van der Waals surface area contributed by atoms with E-state index in [0.29, 0.717) is 33.0 Å². The number of anilines is 1. The fourth-order valence-corrected chi connectivity index (χ4v) is 3.67. The molecule has 0 heterocycles. The Hall–Kier alpha value is -4.12. The van der Waals surface area contributed by atoms with Gasteiger partial charge in [-0.25, -0.2) is 0 Å². The lowest BCUT2D eigenvalue weighted by atomic mass is 10.1. The fraction of sp³-hybridized carbons (Fsp3) is 0.226. The quantitative estimate of drug-likeness (QED) is 0.217. The van der Waals surface area contributed by atoms with Gasteiger partial charge in [-0.3, -0.25) is 0 Å². The van der Waals surface area contributed by atoms with Gasteiger partial charge in [0.05, 0.1) is 13.2 Å². The first kappa shape index (κ1) is 25.0. The van der Waals surface area contributed by atoms with Crippen molar-refractivity contribution in [3.8, 4) is 23.0 Å². The van der Waals surface area contributed by atoms with E-state index in [0.717, 1.165) is 45.4 Å². The van der Waals surface area contributed by atoms with E-state index in [1.54, 1.807) is 0 Å². The molecule has 0 radical (unpaired) electrons. The van der Waals surface area contributed by atoms with Crippen LogP contribution in [0.15, 0.2) is 97.1 Å². The Labute approximate surface area is 213 Å². The molecule has 4 aromatic carbocycles. The lowest BCUT2D eigenvalue weighted by Crippen LogP contribution is -2.03. The van der Waals surface area contributed by atoms with Crippen molar-refractivity contribution in [3.05, 3.63) is 114 Å². The van der Waals surface area contributed by atoms with Gasteiger partial charge in [-0.05, 0) is 79.1 Å². The van der Waals surface area contributed by atoms with E-state index in [1.807, 2.05) is 68.4 Å². The SMILES string of the molecule is CCOc1ccc(CNc2ccc(COc3ccc(OCc4ccccc4)cc3)cc2)cc1OCC. The normalized spacial score (nSPS) is 10.5. The second-order valence-electron chi connectivity index (χ2n) is 8.23. The van der Waals surface area contributed by atoms with Crippen molar-refractivity contribution in [2.24, 2.45) is 0 Å². The van der Waals surface area contributed by atoms with Gasteiger partial charge in [0.2, 0.25) is 0 Å². The summed E-state index contributed by atoms with van der Waals surface area (Å²) < 4.78 is 23.2. The van der Waals surface area contributed by atoms with Crippen molar-refractivity contribution >= 4 is 5.69 Å². The number of nitrogens with one attached hydrogen (secondary N) is 1. The van der Waals surface area contributed by atoms with Crippen LogP contribution in [0.5, 0.6) is 23.0 Å². The molecular weight excluding hydrogens is 450 g/mol. The molecule has 4 rings (SSSR count). The highest BCUT2D eigenvalue weighted by atomic mass is 16.5. The Morgan fingerprint density at radius 1 is 0.528 bits per heavy atom. The minimum absolute atomic E-state index is 0.501. The van der Waals surface area contributed by atoms with Gasteiger partial charge >= 0.3 is 0 Å². The van der Waals surface area contributed by atoms with E-state index in [4.69, 9.17) is 18.9 Å². The lowest BCUT2D eigenvalue weighted by molar-refractivity contribution is 0.287. The second kappa shape index (κ2) is 13.1. The molecule has 0 fully saturated rings. The number of hydrogen-bond donors (Lipinski definition) is 1. The summed E-state index contributed by atoms with van der Waals surface area (Å²) in [5.74, 6) is 3.19. The van der Waals surface area contributed by atoms with E-state index in [1.165, 1.54) is 0 Å². The third kappa shape index (κ3) is 7.44. The maximum absolute atomic E-state index is 5.94. The van der Waals surface area contributed by atoms with E-state index >= 15 is 0 Å². The smallest absolute Gasteiger partial charge is 0.161 e. The number of ether oxygens (including phenoxy) is 4. The Balaban J connectivity index is 1.24. The zero-order valence-electron chi connectivity index (χ0n) is 20.9. The molecule has 5 heteroatoms. The van der Waals surface area contributed by atoms with Crippen LogP contribution in [0.3, 0.4) is 0 Å². The van der Waals surface area contributed by atoms with Gasteiger partial charge in [-0.1, -0.05) is 48.5 Å². The van der Waals surface area contributed by atoms with Crippen LogP contribution in [0.25, 0.3) is 0 Å². The topological polar surface area (TPSA) is 49.0 Å². The third-order valence-corrected chi connectivity index (χ3v) is 5.54. The molecule has 0 saturated heterocycles. The minimum Gasteiger partial charge on any atom is -0.490 e. The van der Waals surface area contributed by atoms with Crippen molar-refractivity contribution in [2.45, 2.75) is 33.6 Å². The van der Waals surface area contributed by atoms with Crippen LogP contribution in [0.2, 0.25) is 0 Å². The molecule has 0 saturated carbocycles. The van der Waals surface area contributed by atoms with E-state index < -0.39 is 0 Å². The summed E-state index contributed by atoms with van der Waals surface area (Å²) in [4.78, 5) is 0. The van der Waals surface area contributed by atoms with Gasteiger partial charge in [-0.15, -0.1) is 0 Å². The predicted octanol–water partition coefficient (Wildman–Crippen LogP) is 7.25. The van der Waals surface area contributed by atoms with Gasteiger partial charge in [0.15, 0.2) is 11.5 Å². The zero-order chi connectivity index (χ0) is 25.0. The Morgan fingerprint density at radius 3 is 1.69 bits per heavy atom. The summed E-state index contributed by atoms with van der Waals surface area (Å²) in [7, 11) is 0. The van der Waals surface area contributed by atoms with Crippen LogP contribution < -0.4 is 24.3 Å². The van der Waals surface area contributed by atoms with Gasteiger partial charge in [-0.2, -0.15) is 0 Å². The maximum Gasteiger partial charge on any atom is 0.161 e. The molecule has 0 aliphatic rings. The molecule has 0 spiro atoms. The second-order valence-corrected chi connectivity index (χ2v) is 8.23. The summed E-state index contributed by atoms with van der Waals surface area (Å²) in [6.45, 7) is 6.91. The van der Waals surface area contributed by atoms with Crippen molar-refractivity contribution in [2.75, 3.05) is 18.5 Å². The Kier molecular flexibility index (Phi) is 9.09. The monoisotopic (exact) mass is 483 g/mol. The largest absolute Gasteiger partial charge is 0.490 e. The molecule has 0 amide bonds. The molecule has 0 aliphatic carbocycles. The number of rotatable bonds is 13. The van der Waals surface area contributed by atoms with E-state index in [9.17, 15) is 0 Å². The van der Waals surface area contributed by atoms with Crippen LogP contribution in [-0.4, -0.2) is 13.2 Å². The third-order valence-electron chi connectivity index (χ3n) is 5.54. The van der Waals surface area contributed by atoms with Gasteiger partial charge < -0.3 is 24.3 Å². The molecule has 186 valence electrons. The first-order valence-corrected chi connectivity index (χ1v) is 12.3. The molecule has 0 unspecified atom stereocenters. The average molecular weight is 484 g/mol. The molecule has 4 aromatic rings. The highest BCUT2D eigenvalue weighted by Crippen LogP contribution is 2.29. The molecule has 0 atom stereocenters. The summed E-state index contributed by atoms with van der Waals surface area (Å²) in [5.41, 5.74) is 4.42. The highest BCUT2D eigenvalue weighted by molar-refractivity contribution is 5.47. The van der Waals surface area contributed by atoms with Crippen LogP contribution in [0.4, 0.5) is 5.69 Å². The first-order valence-electron chi connectivity index (χ1n) is 12.3. The minimum atomic E-state index is 0.501. The summed E-state index contributed by atoms with van der Waals surface area (Å²) >= 11 is 0. The van der Waals surface area contributed by atoms with Crippen LogP contribution in [-0.2, 0) is 19.8 Å². The van der Waals surface area contributed by atoms with Gasteiger partial charge in [0.1, 0.15) is 24.7 Å². The van der Waals surface area contributed by atoms with Crippen molar-refractivity contribution in [1.82, 2.24) is 0 Å². The lowest BCUT2D eigenvalue weighted by Gasteiger charge is -2.13. The van der Waals surface area contributed by atoms with Crippen molar-refractivity contribution in [3.63, 3.8) is 0 Å². The molecule has 5 nitrogen and oxygen atoms in total. The van der Waals surface area contributed by atoms with Crippen LogP contribution in [0, 0.1) is 0 Å². The van der Waals surface area contributed by atoms with Gasteiger partial charge in [0, 0.05) is 12.2 Å². The standard InChI is InChI=1S/C31H33NO4/c1-3-33-30-19-12-26(20-31(30)34-4-2)21-32-27-13-10-25(11-14-27)23-36-29-17-15-28(16-18-29)35-22-24-8-6-5-7-9-24/h5-20,32H,3-4,21-23H2,1-2H3.